The molecule has 3 rings (SSSR count). The van der Waals surface area contributed by atoms with Crippen molar-refractivity contribution in [1.82, 2.24) is 20.4 Å². The predicted octanol–water partition coefficient (Wildman–Crippen LogP) is 3.33. The van der Waals surface area contributed by atoms with Crippen LogP contribution in [-0.4, -0.2) is 34.8 Å². The second kappa shape index (κ2) is 8.69. The molecule has 1 aromatic carbocycles. The molecule has 142 valence electrons. The molecule has 0 saturated carbocycles. The van der Waals surface area contributed by atoms with E-state index in [1.54, 1.807) is 0 Å². The van der Waals surface area contributed by atoms with E-state index in [1.807, 2.05) is 42.1 Å². The maximum Gasteiger partial charge on any atom is 0.272 e. The van der Waals surface area contributed by atoms with Crippen molar-refractivity contribution in [2.75, 3.05) is 13.1 Å². The number of rotatable bonds is 5. The summed E-state index contributed by atoms with van der Waals surface area (Å²) in [5, 5.41) is 11.0. The molecule has 0 radical (unpaired) electrons. The molecule has 2 atom stereocenters. The first kappa shape index (κ1) is 20.5. The van der Waals surface area contributed by atoms with Gasteiger partial charge in [-0.3, -0.25) is 9.48 Å². The number of nitrogens with one attached hydrogen (secondary N) is 2. The molecule has 1 aliphatic heterocycles. The number of hydrogen-bond acceptors (Lipinski definition) is 3. The Hall–Kier alpha value is -1.85. The Morgan fingerprint density at radius 3 is 2.69 bits per heavy atom. The lowest BCUT2D eigenvalue weighted by molar-refractivity contribution is 0.0917. The third-order valence-electron chi connectivity index (χ3n) is 5.43. The summed E-state index contributed by atoms with van der Waals surface area (Å²) in [5.74, 6) is -0.112. The second-order valence-corrected chi connectivity index (χ2v) is 7.46. The van der Waals surface area contributed by atoms with Gasteiger partial charge in [-0.05, 0) is 37.9 Å². The average Bonchev–Trinajstić information content (AvgIpc) is 3.13. The Kier molecular flexibility index (Phi) is 6.84. The Labute approximate surface area is 162 Å². The van der Waals surface area contributed by atoms with Crippen LogP contribution in [0.15, 0.2) is 42.6 Å². The standard InChI is InChI=1S/C20H28N4O.ClH/c1-15(20(2,3)16-8-5-4-6-9-16)22-19(25)18-11-13-24(23-18)17-10-7-12-21-14-17;/h4-6,8-9,11,13,15,17,21H,7,10,12,14H2,1-3H3,(H,22,25);1H. The van der Waals surface area contributed by atoms with Crippen LogP contribution in [0.4, 0.5) is 0 Å². The van der Waals surface area contributed by atoms with E-state index in [2.05, 4.69) is 41.7 Å². The van der Waals surface area contributed by atoms with Crippen molar-refractivity contribution in [2.45, 2.75) is 51.1 Å². The van der Waals surface area contributed by atoms with Gasteiger partial charge in [-0.2, -0.15) is 5.10 Å². The van der Waals surface area contributed by atoms with E-state index >= 15 is 0 Å². The monoisotopic (exact) mass is 376 g/mol. The molecule has 2 N–H and O–H groups in total. The smallest absolute Gasteiger partial charge is 0.272 e. The van der Waals surface area contributed by atoms with Gasteiger partial charge in [0.15, 0.2) is 0 Å². The Morgan fingerprint density at radius 1 is 1.31 bits per heavy atom. The van der Waals surface area contributed by atoms with E-state index in [9.17, 15) is 4.79 Å². The Morgan fingerprint density at radius 2 is 2.04 bits per heavy atom. The number of nitrogens with zero attached hydrogens (tertiary/aromatic N) is 2. The summed E-state index contributed by atoms with van der Waals surface area (Å²) in [7, 11) is 0. The van der Waals surface area contributed by atoms with Crippen LogP contribution >= 0.6 is 12.4 Å². The van der Waals surface area contributed by atoms with Gasteiger partial charge in [0.2, 0.25) is 0 Å². The number of carbonyl (C=O) groups excluding carboxylic acids is 1. The van der Waals surface area contributed by atoms with Gasteiger partial charge in [-0.1, -0.05) is 44.2 Å². The van der Waals surface area contributed by atoms with Crippen molar-refractivity contribution in [1.29, 1.82) is 0 Å². The van der Waals surface area contributed by atoms with Crippen molar-refractivity contribution in [3.05, 3.63) is 53.9 Å². The molecule has 6 heteroatoms. The van der Waals surface area contributed by atoms with Crippen molar-refractivity contribution >= 4 is 18.3 Å². The van der Waals surface area contributed by atoms with Crippen molar-refractivity contribution in [3.63, 3.8) is 0 Å². The molecule has 1 amide bonds. The van der Waals surface area contributed by atoms with Gasteiger partial charge in [-0.25, -0.2) is 0 Å². The maximum atomic E-state index is 12.6. The number of aromatic nitrogens is 2. The molecule has 2 unspecified atom stereocenters. The fourth-order valence-corrected chi connectivity index (χ4v) is 3.29. The molecule has 0 aliphatic carbocycles. The molecule has 0 bridgehead atoms. The van der Waals surface area contributed by atoms with E-state index in [0.29, 0.717) is 11.7 Å². The number of halogens is 1. The second-order valence-electron chi connectivity index (χ2n) is 7.46. The van der Waals surface area contributed by atoms with Gasteiger partial charge in [0.25, 0.3) is 5.91 Å². The van der Waals surface area contributed by atoms with E-state index in [4.69, 9.17) is 0 Å². The van der Waals surface area contributed by atoms with Crippen LogP contribution in [0.1, 0.15) is 55.7 Å². The van der Waals surface area contributed by atoms with Crippen LogP contribution in [-0.2, 0) is 5.41 Å². The summed E-state index contributed by atoms with van der Waals surface area (Å²) < 4.78 is 1.92. The van der Waals surface area contributed by atoms with E-state index in [1.165, 1.54) is 5.56 Å². The minimum absolute atomic E-state index is 0. The highest BCUT2D eigenvalue weighted by Gasteiger charge is 2.29. The fraction of sp³-hybridized carbons (Fsp3) is 0.500. The van der Waals surface area contributed by atoms with Gasteiger partial charge in [0, 0.05) is 24.2 Å². The number of amides is 1. The van der Waals surface area contributed by atoms with Crippen molar-refractivity contribution in [2.24, 2.45) is 0 Å². The van der Waals surface area contributed by atoms with Gasteiger partial charge in [0.1, 0.15) is 5.69 Å². The van der Waals surface area contributed by atoms with E-state index in [-0.39, 0.29) is 29.8 Å². The van der Waals surface area contributed by atoms with E-state index < -0.39 is 0 Å². The van der Waals surface area contributed by atoms with E-state index in [0.717, 1.165) is 25.9 Å². The SMILES string of the molecule is CC(NC(=O)c1ccn(C2CCCNC2)n1)C(C)(C)c1ccccc1.Cl. The fourth-order valence-electron chi connectivity index (χ4n) is 3.29. The highest BCUT2D eigenvalue weighted by Crippen LogP contribution is 2.27. The largest absolute Gasteiger partial charge is 0.347 e. The topological polar surface area (TPSA) is 59.0 Å². The summed E-state index contributed by atoms with van der Waals surface area (Å²) in [6, 6.07) is 12.4. The third-order valence-corrected chi connectivity index (χ3v) is 5.43. The molecule has 0 spiro atoms. The lowest BCUT2D eigenvalue weighted by Crippen LogP contribution is -2.45. The zero-order chi connectivity index (χ0) is 17.9. The minimum atomic E-state index is -0.160. The molecule has 2 heterocycles. The molecule has 1 aromatic heterocycles. The summed E-state index contributed by atoms with van der Waals surface area (Å²) in [4.78, 5) is 12.6. The number of hydrogen-bond donors (Lipinski definition) is 2. The van der Waals surface area contributed by atoms with Crippen LogP contribution < -0.4 is 10.6 Å². The molecule has 26 heavy (non-hydrogen) atoms. The number of benzene rings is 1. The first-order valence-electron chi connectivity index (χ1n) is 9.11. The molecular formula is C20H29ClN4O. The molecule has 1 saturated heterocycles. The highest BCUT2D eigenvalue weighted by atomic mass is 35.5. The van der Waals surface area contributed by atoms with Crippen LogP contribution in [0.25, 0.3) is 0 Å². The Balaban J connectivity index is 0.00000243. The summed E-state index contributed by atoms with van der Waals surface area (Å²) >= 11 is 0. The lowest BCUT2D eigenvalue weighted by Gasteiger charge is -2.32. The minimum Gasteiger partial charge on any atom is -0.347 e. The van der Waals surface area contributed by atoms with Crippen LogP contribution in [0.3, 0.4) is 0 Å². The van der Waals surface area contributed by atoms with Crippen molar-refractivity contribution < 1.29 is 4.79 Å². The van der Waals surface area contributed by atoms with Gasteiger partial charge in [0.05, 0.1) is 6.04 Å². The highest BCUT2D eigenvalue weighted by molar-refractivity contribution is 5.92. The van der Waals surface area contributed by atoms with Crippen molar-refractivity contribution in [3.8, 4) is 0 Å². The summed E-state index contributed by atoms with van der Waals surface area (Å²) in [5.41, 5.74) is 1.54. The zero-order valence-electron chi connectivity index (χ0n) is 15.7. The van der Waals surface area contributed by atoms with Crippen LogP contribution in [0, 0.1) is 0 Å². The zero-order valence-corrected chi connectivity index (χ0v) is 16.6. The third kappa shape index (κ3) is 4.46. The first-order chi connectivity index (χ1) is 12.0. The molecular weight excluding hydrogens is 348 g/mol. The van der Waals surface area contributed by atoms with Crippen LogP contribution in [0.2, 0.25) is 0 Å². The lowest BCUT2D eigenvalue weighted by atomic mass is 9.78. The molecule has 1 fully saturated rings. The predicted molar refractivity (Wildman–Crippen MR) is 107 cm³/mol. The van der Waals surface area contributed by atoms with Gasteiger partial charge in [-0.15, -0.1) is 12.4 Å². The maximum absolute atomic E-state index is 12.6. The summed E-state index contributed by atoms with van der Waals surface area (Å²) in [6.07, 6.45) is 4.17. The number of piperidine rings is 1. The number of carbonyl (C=O) groups is 1. The quantitative estimate of drug-likeness (QED) is 0.841. The normalized spacial score (nSPS) is 18.7. The van der Waals surface area contributed by atoms with Gasteiger partial charge >= 0.3 is 0 Å². The average molecular weight is 377 g/mol. The van der Waals surface area contributed by atoms with Gasteiger partial charge < -0.3 is 10.6 Å². The van der Waals surface area contributed by atoms with Crippen LogP contribution in [0.5, 0.6) is 0 Å². The Bertz CT molecular complexity index is 708. The molecule has 2 aromatic rings. The first-order valence-corrected chi connectivity index (χ1v) is 9.11. The molecule has 5 nitrogen and oxygen atoms in total. The summed E-state index contributed by atoms with van der Waals surface area (Å²) in [6.45, 7) is 8.34. The molecule has 1 aliphatic rings.